The fraction of sp³-hybridized carbons (Fsp3) is 0.923. The van der Waals surface area contributed by atoms with Crippen LogP contribution in [0.5, 0.6) is 0 Å². The maximum absolute atomic E-state index is 12.3. The lowest BCUT2D eigenvalue weighted by atomic mass is 10.0. The molecule has 2 aliphatic rings. The van der Waals surface area contributed by atoms with E-state index in [1.54, 1.807) is 0 Å². The van der Waals surface area contributed by atoms with Crippen LogP contribution >= 0.6 is 24.8 Å². The molecule has 0 saturated carbocycles. The molecule has 0 radical (unpaired) electrons. The molecule has 4 nitrogen and oxygen atoms in total. The fourth-order valence-corrected chi connectivity index (χ4v) is 2.74. The molecular weight excluding hydrogens is 285 g/mol. The van der Waals surface area contributed by atoms with Gasteiger partial charge in [-0.2, -0.15) is 0 Å². The summed E-state index contributed by atoms with van der Waals surface area (Å²) in [4.78, 5) is 16.8. The van der Waals surface area contributed by atoms with E-state index in [1.807, 2.05) is 4.90 Å². The van der Waals surface area contributed by atoms with Gasteiger partial charge in [0.2, 0.25) is 5.91 Å². The molecule has 0 bridgehead atoms. The maximum atomic E-state index is 12.3. The molecule has 2 aliphatic heterocycles. The zero-order valence-electron chi connectivity index (χ0n) is 11.9. The van der Waals surface area contributed by atoms with Crippen LogP contribution in [0.15, 0.2) is 0 Å². The molecule has 2 fully saturated rings. The Balaban J connectivity index is 0.00000162. The van der Waals surface area contributed by atoms with Gasteiger partial charge < -0.3 is 10.2 Å². The Labute approximate surface area is 129 Å². The van der Waals surface area contributed by atoms with Gasteiger partial charge in [-0.15, -0.1) is 24.8 Å². The van der Waals surface area contributed by atoms with Crippen LogP contribution in [0.3, 0.4) is 0 Å². The van der Waals surface area contributed by atoms with Crippen LogP contribution in [0.25, 0.3) is 0 Å². The molecule has 2 saturated heterocycles. The molecule has 2 heterocycles. The molecule has 0 aromatic carbocycles. The average Bonchev–Trinajstić information content (AvgIpc) is 2.39. The molecule has 1 N–H and O–H groups in total. The van der Waals surface area contributed by atoms with E-state index in [-0.39, 0.29) is 30.9 Å². The predicted octanol–water partition coefficient (Wildman–Crippen LogP) is 1.52. The van der Waals surface area contributed by atoms with Gasteiger partial charge in [0.1, 0.15) is 0 Å². The second-order valence-electron chi connectivity index (χ2n) is 5.46. The average molecular weight is 312 g/mol. The van der Waals surface area contributed by atoms with E-state index < -0.39 is 0 Å². The molecule has 0 aliphatic carbocycles. The van der Waals surface area contributed by atoms with Crippen molar-refractivity contribution in [2.24, 2.45) is 0 Å². The van der Waals surface area contributed by atoms with Gasteiger partial charge in [0.25, 0.3) is 0 Å². The molecule has 6 heteroatoms. The third kappa shape index (κ3) is 5.10. The molecule has 0 spiro atoms. The van der Waals surface area contributed by atoms with Crippen molar-refractivity contribution in [3.8, 4) is 0 Å². The SMILES string of the molecule is CC(C)N1CCN(C(=O)[C@H]2CCCCN2)CC1.Cl.Cl. The summed E-state index contributed by atoms with van der Waals surface area (Å²) in [5.74, 6) is 0.327. The summed E-state index contributed by atoms with van der Waals surface area (Å²) in [6.07, 6.45) is 3.42. The fourth-order valence-electron chi connectivity index (χ4n) is 2.74. The lowest BCUT2D eigenvalue weighted by molar-refractivity contribution is -0.136. The van der Waals surface area contributed by atoms with E-state index in [2.05, 4.69) is 24.1 Å². The van der Waals surface area contributed by atoms with Crippen molar-refractivity contribution < 1.29 is 4.79 Å². The standard InChI is InChI=1S/C13H25N3O.2ClH/c1-11(2)15-7-9-16(10-8-15)13(17)12-5-3-4-6-14-12;;/h11-12,14H,3-10H2,1-2H3;2*1H/t12-;;/m1../s1. The first kappa shape index (κ1) is 19.0. The predicted molar refractivity (Wildman–Crippen MR) is 83.4 cm³/mol. The van der Waals surface area contributed by atoms with Gasteiger partial charge in [0.15, 0.2) is 0 Å². The highest BCUT2D eigenvalue weighted by atomic mass is 35.5. The summed E-state index contributed by atoms with van der Waals surface area (Å²) in [6, 6.07) is 0.689. The van der Waals surface area contributed by atoms with Crippen molar-refractivity contribution in [2.75, 3.05) is 32.7 Å². The smallest absolute Gasteiger partial charge is 0.239 e. The number of nitrogens with one attached hydrogen (secondary N) is 1. The lowest BCUT2D eigenvalue weighted by Crippen LogP contribution is -2.55. The highest BCUT2D eigenvalue weighted by molar-refractivity contribution is 5.85. The number of carbonyl (C=O) groups excluding carboxylic acids is 1. The van der Waals surface area contributed by atoms with Gasteiger partial charge in [-0.05, 0) is 33.2 Å². The number of hydrogen-bond donors (Lipinski definition) is 1. The zero-order valence-corrected chi connectivity index (χ0v) is 13.6. The number of piperazine rings is 1. The van der Waals surface area contributed by atoms with Gasteiger partial charge >= 0.3 is 0 Å². The summed E-state index contributed by atoms with van der Waals surface area (Å²) in [6.45, 7) is 9.29. The van der Waals surface area contributed by atoms with Crippen molar-refractivity contribution in [2.45, 2.75) is 45.2 Å². The van der Waals surface area contributed by atoms with Crippen LogP contribution in [0.1, 0.15) is 33.1 Å². The molecule has 19 heavy (non-hydrogen) atoms. The molecule has 0 aromatic rings. The number of rotatable bonds is 2. The van der Waals surface area contributed by atoms with Gasteiger partial charge in [-0.3, -0.25) is 9.69 Å². The summed E-state index contributed by atoms with van der Waals surface area (Å²) < 4.78 is 0. The minimum atomic E-state index is 0. The maximum Gasteiger partial charge on any atom is 0.239 e. The highest BCUT2D eigenvalue weighted by Crippen LogP contribution is 2.12. The van der Waals surface area contributed by atoms with E-state index in [9.17, 15) is 4.79 Å². The van der Waals surface area contributed by atoms with Crippen molar-refractivity contribution in [1.82, 2.24) is 15.1 Å². The number of halogens is 2. The Morgan fingerprint density at radius 1 is 1.11 bits per heavy atom. The second kappa shape index (κ2) is 9.01. The van der Waals surface area contributed by atoms with E-state index in [0.717, 1.165) is 39.1 Å². The number of nitrogens with zero attached hydrogens (tertiary/aromatic N) is 2. The number of amides is 1. The van der Waals surface area contributed by atoms with Crippen molar-refractivity contribution >= 4 is 30.7 Å². The van der Waals surface area contributed by atoms with E-state index in [4.69, 9.17) is 0 Å². The highest BCUT2D eigenvalue weighted by Gasteiger charge is 2.28. The molecule has 1 amide bonds. The normalized spacial score (nSPS) is 24.6. The van der Waals surface area contributed by atoms with Crippen LogP contribution in [0, 0.1) is 0 Å². The summed E-state index contributed by atoms with van der Waals surface area (Å²) in [5, 5.41) is 3.35. The minimum Gasteiger partial charge on any atom is -0.339 e. The molecule has 1 atom stereocenters. The number of piperidine rings is 1. The Bertz CT molecular complexity index is 263. The third-order valence-electron chi connectivity index (χ3n) is 3.96. The van der Waals surface area contributed by atoms with Crippen molar-refractivity contribution in [3.63, 3.8) is 0 Å². The summed E-state index contributed by atoms with van der Waals surface area (Å²) in [5.41, 5.74) is 0. The van der Waals surface area contributed by atoms with E-state index in [1.165, 1.54) is 12.8 Å². The van der Waals surface area contributed by atoms with E-state index in [0.29, 0.717) is 11.9 Å². The van der Waals surface area contributed by atoms with Gasteiger partial charge in [0.05, 0.1) is 6.04 Å². The summed E-state index contributed by atoms with van der Waals surface area (Å²) in [7, 11) is 0. The second-order valence-corrected chi connectivity index (χ2v) is 5.46. The monoisotopic (exact) mass is 311 g/mol. The van der Waals surface area contributed by atoms with Crippen LogP contribution in [0.2, 0.25) is 0 Å². The summed E-state index contributed by atoms with van der Waals surface area (Å²) >= 11 is 0. The Morgan fingerprint density at radius 3 is 2.21 bits per heavy atom. The topological polar surface area (TPSA) is 35.6 Å². The third-order valence-corrected chi connectivity index (χ3v) is 3.96. The van der Waals surface area contributed by atoms with Gasteiger partial charge in [0, 0.05) is 32.2 Å². The van der Waals surface area contributed by atoms with E-state index >= 15 is 0 Å². The first-order valence-electron chi connectivity index (χ1n) is 6.94. The van der Waals surface area contributed by atoms with Crippen LogP contribution in [-0.4, -0.2) is 60.5 Å². The molecule has 0 unspecified atom stereocenters. The quantitative estimate of drug-likeness (QED) is 0.840. The van der Waals surface area contributed by atoms with Gasteiger partial charge in [-0.1, -0.05) is 6.42 Å². The number of carbonyl (C=O) groups is 1. The first-order valence-corrected chi connectivity index (χ1v) is 6.94. The van der Waals surface area contributed by atoms with Crippen molar-refractivity contribution in [1.29, 1.82) is 0 Å². The molecule has 0 aromatic heterocycles. The number of hydrogen-bond acceptors (Lipinski definition) is 3. The lowest BCUT2D eigenvalue weighted by Gasteiger charge is -2.38. The molecular formula is C13H27Cl2N3O. The zero-order chi connectivity index (χ0) is 12.3. The Morgan fingerprint density at radius 2 is 1.74 bits per heavy atom. The van der Waals surface area contributed by atoms with Crippen LogP contribution in [0.4, 0.5) is 0 Å². The van der Waals surface area contributed by atoms with Gasteiger partial charge in [-0.25, -0.2) is 0 Å². The largest absolute Gasteiger partial charge is 0.339 e. The Kier molecular flexibility index (Phi) is 8.99. The molecule has 2 rings (SSSR count). The Hall–Kier alpha value is -0.0300. The van der Waals surface area contributed by atoms with Crippen molar-refractivity contribution in [3.05, 3.63) is 0 Å². The van der Waals surface area contributed by atoms with Crippen LogP contribution in [-0.2, 0) is 4.79 Å². The first-order chi connectivity index (χ1) is 8.18. The minimum absolute atomic E-state index is 0. The van der Waals surface area contributed by atoms with Crippen LogP contribution < -0.4 is 5.32 Å². The molecule has 114 valence electrons.